The molecular weight excluding hydrogens is 474 g/mol. The molecule has 1 atom stereocenters. The topological polar surface area (TPSA) is 97.4 Å². The highest BCUT2D eigenvalue weighted by Gasteiger charge is 2.47. The lowest BCUT2D eigenvalue weighted by molar-refractivity contribution is -0.136. The fraction of sp³-hybridized carbons (Fsp3) is 0.464. The number of rotatable bonds is 3. The Labute approximate surface area is 214 Å². The Balaban J connectivity index is 1.08. The second-order valence-electron chi connectivity index (χ2n) is 10.7. The first kappa shape index (κ1) is 22.6. The third-order valence-electron chi connectivity index (χ3n) is 8.59. The maximum Gasteiger partial charge on any atom is 0.255 e. The molecule has 2 saturated heterocycles. The van der Waals surface area contributed by atoms with Crippen molar-refractivity contribution in [1.29, 1.82) is 0 Å². The zero-order valence-electron chi connectivity index (χ0n) is 20.6. The second-order valence-corrected chi connectivity index (χ2v) is 10.7. The van der Waals surface area contributed by atoms with E-state index in [9.17, 15) is 14.4 Å². The summed E-state index contributed by atoms with van der Waals surface area (Å²) in [4.78, 5) is 41.2. The molecule has 1 spiro atoms. The van der Waals surface area contributed by atoms with E-state index in [-0.39, 0.29) is 23.7 Å². The monoisotopic (exact) mass is 503 g/mol. The zero-order chi connectivity index (χ0) is 25.1. The summed E-state index contributed by atoms with van der Waals surface area (Å²) in [7, 11) is 0. The Bertz CT molecular complexity index is 1320. The summed E-state index contributed by atoms with van der Waals surface area (Å²) >= 11 is 0. The lowest BCUT2D eigenvalue weighted by Crippen LogP contribution is -2.52. The van der Waals surface area contributed by atoms with Gasteiger partial charge in [0.05, 0.1) is 13.2 Å². The van der Waals surface area contributed by atoms with Crippen LogP contribution in [0.4, 0.5) is 0 Å². The third kappa shape index (κ3) is 3.59. The van der Waals surface area contributed by atoms with E-state index in [0.29, 0.717) is 38.3 Å². The number of para-hydroxylation sites is 1. The van der Waals surface area contributed by atoms with Crippen molar-refractivity contribution in [3.63, 3.8) is 0 Å². The Morgan fingerprint density at radius 1 is 0.973 bits per heavy atom. The predicted octanol–water partition coefficient (Wildman–Crippen LogP) is 2.15. The van der Waals surface area contributed by atoms with Gasteiger partial charge in [-0.05, 0) is 44.5 Å². The summed E-state index contributed by atoms with van der Waals surface area (Å²) in [6.45, 7) is 4.80. The van der Waals surface area contributed by atoms with Crippen LogP contribution in [0.15, 0.2) is 30.3 Å². The molecule has 5 aliphatic heterocycles. The van der Waals surface area contributed by atoms with Crippen molar-refractivity contribution < 1.29 is 28.6 Å². The summed E-state index contributed by atoms with van der Waals surface area (Å²) in [6, 6.07) is 9.43. The van der Waals surface area contributed by atoms with Crippen LogP contribution in [0.5, 0.6) is 17.2 Å². The fourth-order valence-electron chi connectivity index (χ4n) is 6.54. The fourth-order valence-corrected chi connectivity index (χ4v) is 6.54. The number of carbonyl (C=O) groups is 3. The Hall–Kier alpha value is -3.59. The molecule has 2 fully saturated rings. The molecule has 192 valence electrons. The van der Waals surface area contributed by atoms with Gasteiger partial charge in [0, 0.05) is 40.6 Å². The third-order valence-corrected chi connectivity index (χ3v) is 8.59. The number of nitrogens with one attached hydrogen (secondary N) is 1. The second kappa shape index (κ2) is 8.48. The lowest BCUT2D eigenvalue weighted by atomic mass is 9.74. The summed E-state index contributed by atoms with van der Waals surface area (Å²) in [5.41, 5.74) is 3.74. The van der Waals surface area contributed by atoms with Crippen LogP contribution in [-0.2, 0) is 28.1 Å². The van der Waals surface area contributed by atoms with Crippen molar-refractivity contribution in [1.82, 2.24) is 15.1 Å². The molecule has 0 radical (unpaired) electrons. The van der Waals surface area contributed by atoms with Crippen LogP contribution in [0.3, 0.4) is 0 Å². The average molecular weight is 504 g/mol. The number of fused-ring (bicyclic) bond motifs is 5. The number of benzene rings is 2. The molecule has 5 heterocycles. The summed E-state index contributed by atoms with van der Waals surface area (Å²) in [5, 5.41) is 2.37. The van der Waals surface area contributed by atoms with Gasteiger partial charge in [0.25, 0.3) is 5.91 Å². The minimum atomic E-state index is -0.620. The van der Waals surface area contributed by atoms with Gasteiger partial charge in [-0.2, -0.15) is 0 Å². The minimum Gasteiger partial charge on any atom is -0.492 e. The summed E-state index contributed by atoms with van der Waals surface area (Å²) in [6.07, 6.45) is 2.54. The van der Waals surface area contributed by atoms with Gasteiger partial charge >= 0.3 is 0 Å². The summed E-state index contributed by atoms with van der Waals surface area (Å²) < 4.78 is 18.0. The molecule has 7 rings (SSSR count). The highest BCUT2D eigenvalue weighted by Crippen LogP contribution is 2.50. The van der Waals surface area contributed by atoms with Crippen LogP contribution >= 0.6 is 0 Å². The van der Waals surface area contributed by atoms with Gasteiger partial charge in [-0.1, -0.05) is 18.2 Å². The van der Waals surface area contributed by atoms with Crippen molar-refractivity contribution >= 4 is 17.7 Å². The van der Waals surface area contributed by atoms with E-state index in [1.54, 1.807) is 4.90 Å². The molecular formula is C28H29N3O6. The predicted molar refractivity (Wildman–Crippen MR) is 132 cm³/mol. The number of piperidine rings is 2. The van der Waals surface area contributed by atoms with E-state index in [2.05, 4.69) is 22.3 Å². The lowest BCUT2D eigenvalue weighted by Gasteiger charge is -2.39. The number of imide groups is 1. The molecule has 37 heavy (non-hydrogen) atoms. The number of nitrogens with zero attached hydrogens (tertiary/aromatic N) is 2. The van der Waals surface area contributed by atoms with Crippen molar-refractivity contribution in [2.75, 3.05) is 32.9 Å². The molecule has 2 aromatic carbocycles. The molecule has 3 amide bonds. The molecule has 1 unspecified atom stereocenters. The van der Waals surface area contributed by atoms with E-state index >= 15 is 0 Å². The van der Waals surface area contributed by atoms with Crippen LogP contribution in [0.1, 0.15) is 52.7 Å². The molecule has 0 bridgehead atoms. The van der Waals surface area contributed by atoms with E-state index in [1.807, 2.05) is 18.2 Å². The highest BCUT2D eigenvalue weighted by molar-refractivity contribution is 6.05. The van der Waals surface area contributed by atoms with Crippen LogP contribution in [0, 0.1) is 0 Å². The Kier molecular flexibility index (Phi) is 5.18. The Morgan fingerprint density at radius 3 is 2.65 bits per heavy atom. The van der Waals surface area contributed by atoms with E-state index in [4.69, 9.17) is 14.2 Å². The van der Waals surface area contributed by atoms with Gasteiger partial charge in [-0.15, -0.1) is 0 Å². The van der Waals surface area contributed by atoms with E-state index in [0.717, 1.165) is 60.9 Å². The van der Waals surface area contributed by atoms with Crippen molar-refractivity contribution in [3.05, 3.63) is 52.6 Å². The first-order chi connectivity index (χ1) is 18.0. The number of likely N-dealkylation sites (tertiary alicyclic amines) is 1. The summed E-state index contributed by atoms with van der Waals surface area (Å²) in [5.74, 6) is 1.67. The molecule has 0 aromatic heterocycles. The largest absolute Gasteiger partial charge is 0.492 e. The highest BCUT2D eigenvalue weighted by atomic mass is 16.6. The van der Waals surface area contributed by atoms with Gasteiger partial charge in [0.2, 0.25) is 11.8 Å². The number of hydrogen-bond donors (Lipinski definition) is 1. The van der Waals surface area contributed by atoms with Crippen molar-refractivity contribution in [2.45, 2.75) is 50.2 Å². The number of carbonyl (C=O) groups excluding carboxylic acids is 3. The van der Waals surface area contributed by atoms with Gasteiger partial charge in [-0.25, -0.2) is 0 Å². The van der Waals surface area contributed by atoms with Crippen molar-refractivity contribution in [2.24, 2.45) is 0 Å². The number of amides is 3. The van der Waals surface area contributed by atoms with Crippen LogP contribution in [0.25, 0.3) is 0 Å². The first-order valence-electron chi connectivity index (χ1n) is 13.1. The van der Waals surface area contributed by atoms with Gasteiger partial charge in [0.15, 0.2) is 11.5 Å². The average Bonchev–Trinajstić information content (AvgIpc) is 3.44. The normalized spacial score (nSPS) is 24.1. The van der Waals surface area contributed by atoms with Crippen LogP contribution < -0.4 is 19.5 Å². The molecule has 1 N–H and O–H groups in total. The first-order valence-corrected chi connectivity index (χ1v) is 13.1. The molecule has 5 aliphatic rings. The number of hydrogen-bond acceptors (Lipinski definition) is 7. The molecule has 0 saturated carbocycles. The van der Waals surface area contributed by atoms with Crippen LogP contribution in [-0.4, -0.2) is 66.5 Å². The molecule has 9 heteroatoms. The van der Waals surface area contributed by atoms with E-state index < -0.39 is 11.9 Å². The van der Waals surface area contributed by atoms with Gasteiger partial charge in [0.1, 0.15) is 25.0 Å². The Morgan fingerprint density at radius 2 is 1.81 bits per heavy atom. The number of ether oxygens (including phenoxy) is 3. The maximum atomic E-state index is 13.2. The van der Waals surface area contributed by atoms with Crippen LogP contribution in [0.2, 0.25) is 0 Å². The minimum absolute atomic E-state index is 0.0678. The zero-order valence-corrected chi connectivity index (χ0v) is 20.6. The van der Waals surface area contributed by atoms with Gasteiger partial charge in [-0.3, -0.25) is 24.6 Å². The molecule has 2 aromatic rings. The quantitative estimate of drug-likeness (QED) is 0.641. The SMILES string of the molecule is O=C1CCC(N2Cc3c(ccc4c3OCC43CCN(Cc4cccc5c4OCCO5)CC3)C2=O)C(=O)N1. The van der Waals surface area contributed by atoms with E-state index in [1.165, 1.54) is 5.56 Å². The standard InChI is InChI=1S/C28H29N3O6/c32-23-7-6-21(26(33)29-23)31-15-19-18(27(31)34)4-5-20-25(19)37-16-28(20)8-10-30(11-9-28)14-17-2-1-3-22-24(17)36-13-12-35-22/h1-5,21H,6-16H2,(H,29,32,33). The molecule has 0 aliphatic carbocycles. The maximum absolute atomic E-state index is 13.2. The molecule has 9 nitrogen and oxygen atoms in total. The van der Waals surface area contributed by atoms with Gasteiger partial charge < -0.3 is 19.1 Å². The smallest absolute Gasteiger partial charge is 0.255 e. The van der Waals surface area contributed by atoms with Crippen molar-refractivity contribution in [3.8, 4) is 17.2 Å².